The number of oxazole rings is 1. The zero-order chi connectivity index (χ0) is 22.0. The van der Waals surface area contributed by atoms with Gasteiger partial charge in [-0.25, -0.2) is 0 Å². The summed E-state index contributed by atoms with van der Waals surface area (Å²) in [6.45, 7) is 1.41. The van der Waals surface area contributed by atoms with Crippen LogP contribution in [0.25, 0.3) is 22.4 Å². The van der Waals surface area contributed by atoms with Crippen LogP contribution >= 0.6 is 23.8 Å². The van der Waals surface area contributed by atoms with Gasteiger partial charge in [0.05, 0.1) is 0 Å². The molecule has 0 aliphatic rings. The van der Waals surface area contributed by atoms with Crippen molar-refractivity contribution in [1.29, 1.82) is 0 Å². The second kappa shape index (κ2) is 8.58. The van der Waals surface area contributed by atoms with Crippen LogP contribution in [0.2, 0.25) is 5.02 Å². The smallest absolute Gasteiger partial charge is 0.302 e. The number of halogens is 1. The molecule has 4 rings (SSSR count). The van der Waals surface area contributed by atoms with Gasteiger partial charge in [0.1, 0.15) is 11.3 Å². The molecular formula is C21H15ClN4O4S. The minimum Gasteiger partial charge on any atom is -0.451 e. The van der Waals surface area contributed by atoms with E-state index in [2.05, 4.69) is 20.9 Å². The quantitative estimate of drug-likeness (QED) is 0.379. The first-order valence-electron chi connectivity index (χ1n) is 9.04. The Labute approximate surface area is 186 Å². The van der Waals surface area contributed by atoms with E-state index in [1.165, 1.54) is 6.92 Å². The zero-order valence-corrected chi connectivity index (χ0v) is 17.6. The molecular weight excluding hydrogens is 440 g/mol. The highest BCUT2D eigenvalue weighted by atomic mass is 35.5. The van der Waals surface area contributed by atoms with Crippen LogP contribution in [0.5, 0.6) is 0 Å². The first-order chi connectivity index (χ1) is 14.9. The molecule has 0 unspecified atom stereocenters. The summed E-state index contributed by atoms with van der Waals surface area (Å²) in [6.07, 6.45) is 0. The summed E-state index contributed by atoms with van der Waals surface area (Å²) in [4.78, 5) is 27.8. The summed E-state index contributed by atoms with van der Waals surface area (Å²) in [6, 6.07) is 15.4. The normalized spacial score (nSPS) is 10.6. The van der Waals surface area contributed by atoms with Crippen LogP contribution in [0.1, 0.15) is 17.5 Å². The number of fused-ring (bicyclic) bond motifs is 1. The van der Waals surface area contributed by atoms with Crippen LogP contribution in [-0.4, -0.2) is 21.9 Å². The molecule has 8 nitrogen and oxygen atoms in total. The highest BCUT2D eigenvalue weighted by molar-refractivity contribution is 7.80. The molecule has 0 fully saturated rings. The van der Waals surface area contributed by atoms with E-state index >= 15 is 0 Å². The van der Waals surface area contributed by atoms with Gasteiger partial charge < -0.3 is 14.2 Å². The van der Waals surface area contributed by atoms with E-state index in [-0.39, 0.29) is 22.8 Å². The predicted molar refractivity (Wildman–Crippen MR) is 121 cm³/mol. The summed E-state index contributed by atoms with van der Waals surface area (Å²) < 4.78 is 11.2. The van der Waals surface area contributed by atoms with Crippen molar-refractivity contribution in [3.05, 3.63) is 65.4 Å². The number of rotatable bonds is 4. The Balaban J connectivity index is 1.41. The summed E-state index contributed by atoms with van der Waals surface area (Å²) >= 11 is 11.0. The van der Waals surface area contributed by atoms with Crippen LogP contribution in [0.4, 0.5) is 11.7 Å². The van der Waals surface area contributed by atoms with Gasteiger partial charge >= 0.3 is 6.01 Å². The number of nitrogens with zero attached hydrogens (tertiary/aromatic N) is 1. The van der Waals surface area contributed by atoms with Crippen molar-refractivity contribution in [3.63, 3.8) is 0 Å². The average Bonchev–Trinajstić information content (AvgIpc) is 3.34. The number of anilines is 2. The lowest BCUT2D eigenvalue weighted by molar-refractivity contribution is -0.114. The molecule has 0 aliphatic heterocycles. The van der Waals surface area contributed by atoms with Crippen molar-refractivity contribution in [1.82, 2.24) is 10.3 Å². The lowest BCUT2D eigenvalue weighted by atomic mass is 10.2. The first kappa shape index (κ1) is 20.6. The molecule has 0 aliphatic carbocycles. The van der Waals surface area contributed by atoms with Gasteiger partial charge in [0.15, 0.2) is 16.5 Å². The molecule has 2 amide bonds. The highest BCUT2D eigenvalue weighted by Gasteiger charge is 2.15. The predicted octanol–water partition coefficient (Wildman–Crippen LogP) is 4.83. The van der Waals surface area contributed by atoms with Gasteiger partial charge in [-0.05, 0) is 60.7 Å². The van der Waals surface area contributed by atoms with Crippen molar-refractivity contribution >= 4 is 63.5 Å². The van der Waals surface area contributed by atoms with Gasteiger partial charge in [-0.3, -0.25) is 20.2 Å². The molecule has 0 saturated carbocycles. The lowest BCUT2D eigenvalue weighted by Crippen LogP contribution is -2.33. The molecule has 156 valence electrons. The number of aromatic nitrogens is 1. The topological polar surface area (TPSA) is 109 Å². The van der Waals surface area contributed by atoms with E-state index in [1.807, 2.05) is 0 Å². The molecule has 0 bridgehead atoms. The third-order valence-corrected chi connectivity index (χ3v) is 4.57. The van der Waals surface area contributed by atoms with Crippen LogP contribution in [0.15, 0.2) is 63.4 Å². The molecule has 0 radical (unpaired) electrons. The monoisotopic (exact) mass is 454 g/mol. The van der Waals surface area contributed by atoms with E-state index in [4.69, 9.17) is 32.7 Å². The van der Waals surface area contributed by atoms with Gasteiger partial charge in [0.2, 0.25) is 5.91 Å². The van der Waals surface area contributed by atoms with Gasteiger partial charge in [-0.2, -0.15) is 4.98 Å². The number of carbonyl (C=O) groups excluding carboxylic acids is 2. The Morgan fingerprint density at radius 2 is 1.77 bits per heavy atom. The number of benzene rings is 2. The maximum Gasteiger partial charge on any atom is 0.302 e. The molecule has 0 spiro atoms. The van der Waals surface area contributed by atoms with E-state index in [0.29, 0.717) is 27.6 Å². The number of furan rings is 1. The molecule has 2 heterocycles. The third-order valence-electron chi connectivity index (χ3n) is 4.11. The SMILES string of the molecule is CC(=O)Nc1ccc2nc(NC(=S)NC(=O)c3ccc(-c4ccc(Cl)cc4)o3)oc2c1. The number of carbonyl (C=O) groups is 2. The third kappa shape index (κ3) is 4.90. The van der Waals surface area contributed by atoms with Crippen molar-refractivity contribution in [2.45, 2.75) is 6.92 Å². The zero-order valence-electron chi connectivity index (χ0n) is 16.1. The van der Waals surface area contributed by atoms with Crippen LogP contribution in [0.3, 0.4) is 0 Å². The summed E-state index contributed by atoms with van der Waals surface area (Å²) in [7, 11) is 0. The second-order valence-corrected chi connectivity index (χ2v) is 7.31. The number of amides is 2. The minimum atomic E-state index is -0.526. The number of nitrogens with one attached hydrogen (secondary N) is 3. The summed E-state index contributed by atoms with van der Waals surface area (Å²) in [5.41, 5.74) is 2.37. The number of hydrogen-bond donors (Lipinski definition) is 3. The Morgan fingerprint density at radius 3 is 2.52 bits per heavy atom. The van der Waals surface area contributed by atoms with E-state index in [0.717, 1.165) is 5.56 Å². The van der Waals surface area contributed by atoms with Crippen LogP contribution < -0.4 is 16.0 Å². The molecule has 2 aromatic heterocycles. The maximum absolute atomic E-state index is 12.4. The van der Waals surface area contributed by atoms with Crippen molar-refractivity contribution in [2.75, 3.05) is 10.6 Å². The Bertz CT molecular complexity index is 1300. The largest absolute Gasteiger partial charge is 0.451 e. The second-order valence-electron chi connectivity index (χ2n) is 6.46. The van der Waals surface area contributed by atoms with Gasteiger partial charge in [-0.1, -0.05) is 11.6 Å². The highest BCUT2D eigenvalue weighted by Crippen LogP contribution is 2.24. The summed E-state index contributed by atoms with van der Waals surface area (Å²) in [5.74, 6) is -0.110. The van der Waals surface area contributed by atoms with E-state index < -0.39 is 5.91 Å². The fourth-order valence-electron chi connectivity index (χ4n) is 2.78. The average molecular weight is 455 g/mol. The van der Waals surface area contributed by atoms with E-state index in [9.17, 15) is 9.59 Å². The first-order valence-corrected chi connectivity index (χ1v) is 9.82. The Morgan fingerprint density at radius 1 is 1.00 bits per heavy atom. The minimum absolute atomic E-state index is 0.0110. The maximum atomic E-state index is 12.4. The summed E-state index contributed by atoms with van der Waals surface area (Å²) in [5, 5.41) is 8.48. The number of thiocarbonyl (C=S) groups is 1. The van der Waals surface area contributed by atoms with Crippen LogP contribution in [0, 0.1) is 0 Å². The van der Waals surface area contributed by atoms with Crippen molar-refractivity contribution < 1.29 is 18.4 Å². The van der Waals surface area contributed by atoms with Crippen molar-refractivity contribution in [3.8, 4) is 11.3 Å². The fraction of sp³-hybridized carbons (Fsp3) is 0.0476. The van der Waals surface area contributed by atoms with Gasteiger partial charge in [0, 0.05) is 29.3 Å². The van der Waals surface area contributed by atoms with Gasteiger partial charge in [0.25, 0.3) is 5.91 Å². The fourth-order valence-corrected chi connectivity index (χ4v) is 3.09. The molecule has 4 aromatic rings. The lowest BCUT2D eigenvalue weighted by Gasteiger charge is -2.04. The standard InChI is InChI=1S/C21H15ClN4O4S/c1-11(27)23-14-6-7-15-18(10-14)30-20(24-15)26-21(31)25-19(28)17-9-8-16(29-17)12-2-4-13(22)5-3-12/h2-10H,1H3,(H,23,27)(H2,24,25,26,28,31). The molecule has 10 heteroatoms. The van der Waals surface area contributed by atoms with Crippen molar-refractivity contribution in [2.24, 2.45) is 0 Å². The van der Waals surface area contributed by atoms with Crippen LogP contribution in [-0.2, 0) is 4.79 Å². The van der Waals surface area contributed by atoms with Gasteiger partial charge in [-0.15, -0.1) is 0 Å². The molecule has 0 saturated heterocycles. The Hall–Kier alpha value is -3.69. The molecule has 0 atom stereocenters. The molecule has 31 heavy (non-hydrogen) atoms. The molecule has 3 N–H and O–H groups in total. The van der Waals surface area contributed by atoms with E-state index in [1.54, 1.807) is 54.6 Å². The molecule has 2 aromatic carbocycles. The Kier molecular flexibility index (Phi) is 5.70. The number of hydrogen-bond acceptors (Lipinski definition) is 6.